The van der Waals surface area contributed by atoms with Crippen LogP contribution in [0.4, 0.5) is 4.39 Å². The zero-order chi connectivity index (χ0) is 21.5. The van der Waals surface area contributed by atoms with Gasteiger partial charge in [-0.1, -0.05) is 18.2 Å². The van der Waals surface area contributed by atoms with Crippen molar-refractivity contribution in [1.29, 1.82) is 0 Å². The van der Waals surface area contributed by atoms with Gasteiger partial charge < -0.3 is 4.90 Å². The number of hydrogen-bond donors (Lipinski definition) is 1. The summed E-state index contributed by atoms with van der Waals surface area (Å²) in [5.74, 6) is -0.648. The molecule has 0 bridgehead atoms. The fourth-order valence-corrected chi connectivity index (χ4v) is 4.59. The maximum Gasteiger partial charge on any atom is 0.274 e. The van der Waals surface area contributed by atoms with Crippen LogP contribution in [-0.2, 0) is 29.4 Å². The summed E-state index contributed by atoms with van der Waals surface area (Å²) in [6, 6.07) is 12.3. The summed E-state index contributed by atoms with van der Waals surface area (Å²) in [5, 5.41) is 9.82. The second-order valence-corrected chi connectivity index (χ2v) is 8.86. The molecule has 1 aliphatic carbocycles. The Morgan fingerprint density at radius 3 is 2.57 bits per heavy atom. The van der Waals surface area contributed by atoms with Crippen molar-refractivity contribution in [3.05, 3.63) is 76.9 Å². The Kier molecular flexibility index (Phi) is 5.17. The molecule has 0 radical (unpaired) electrons. The Morgan fingerprint density at radius 2 is 1.87 bits per heavy atom. The number of carbonyl (C=O) groups excluding carboxylic acids is 1. The summed E-state index contributed by atoms with van der Waals surface area (Å²) < 4.78 is 38.7. The van der Waals surface area contributed by atoms with Crippen LogP contribution in [0.2, 0.25) is 0 Å². The zero-order valence-electron chi connectivity index (χ0n) is 16.4. The minimum absolute atomic E-state index is 0.00767. The van der Waals surface area contributed by atoms with Gasteiger partial charge in [-0.05, 0) is 55.2 Å². The van der Waals surface area contributed by atoms with Gasteiger partial charge in [-0.25, -0.2) is 22.6 Å². The van der Waals surface area contributed by atoms with Crippen molar-refractivity contribution in [2.75, 3.05) is 7.05 Å². The highest BCUT2D eigenvalue weighted by atomic mass is 32.2. The summed E-state index contributed by atoms with van der Waals surface area (Å²) in [4.78, 5) is 14.6. The molecule has 1 aromatic heterocycles. The van der Waals surface area contributed by atoms with E-state index in [9.17, 15) is 17.6 Å². The van der Waals surface area contributed by atoms with Crippen molar-refractivity contribution in [2.45, 2.75) is 30.7 Å². The van der Waals surface area contributed by atoms with Crippen LogP contribution in [0.15, 0.2) is 53.4 Å². The lowest BCUT2D eigenvalue weighted by Gasteiger charge is -2.18. The smallest absolute Gasteiger partial charge is 0.274 e. The Bertz CT molecular complexity index is 1220. The predicted molar refractivity (Wildman–Crippen MR) is 109 cm³/mol. The van der Waals surface area contributed by atoms with Gasteiger partial charge in [0, 0.05) is 24.8 Å². The van der Waals surface area contributed by atoms with Crippen LogP contribution < -0.4 is 5.14 Å². The number of nitrogens with two attached hydrogens (primary N) is 1. The van der Waals surface area contributed by atoms with E-state index >= 15 is 0 Å². The number of benzene rings is 2. The predicted octanol–water partition coefficient (Wildman–Crippen LogP) is 2.42. The molecule has 0 atom stereocenters. The Balaban J connectivity index is 1.66. The molecule has 2 N–H and O–H groups in total. The first-order valence-electron chi connectivity index (χ1n) is 9.48. The van der Waals surface area contributed by atoms with E-state index < -0.39 is 10.0 Å². The maximum absolute atomic E-state index is 13.3. The number of halogens is 1. The molecule has 0 aliphatic heterocycles. The van der Waals surface area contributed by atoms with E-state index in [1.807, 2.05) is 0 Å². The summed E-state index contributed by atoms with van der Waals surface area (Å²) in [5.41, 5.74) is 3.29. The SMILES string of the molecule is CN(Cc1ccccc1S(N)(=O)=O)C(=O)c1nn(-c2ccc(F)cc2)c2c1CCC2. The van der Waals surface area contributed by atoms with Gasteiger partial charge in [-0.15, -0.1) is 0 Å². The number of fused-ring (bicyclic) bond motifs is 1. The number of rotatable bonds is 5. The van der Waals surface area contributed by atoms with Gasteiger partial charge in [0.2, 0.25) is 10.0 Å². The lowest BCUT2D eigenvalue weighted by Crippen LogP contribution is -2.28. The van der Waals surface area contributed by atoms with Gasteiger partial charge in [0.25, 0.3) is 5.91 Å². The summed E-state index contributed by atoms with van der Waals surface area (Å²) in [6.45, 7) is 0.0730. The second kappa shape index (κ2) is 7.66. The van der Waals surface area contributed by atoms with E-state index in [4.69, 9.17) is 5.14 Å². The normalized spacial score (nSPS) is 13.3. The number of amides is 1. The molecule has 0 unspecified atom stereocenters. The first-order valence-corrected chi connectivity index (χ1v) is 11.0. The molecule has 1 aliphatic rings. The van der Waals surface area contributed by atoms with E-state index in [2.05, 4.69) is 5.10 Å². The van der Waals surface area contributed by atoms with Crippen LogP contribution in [0.25, 0.3) is 5.69 Å². The van der Waals surface area contributed by atoms with Crippen molar-refractivity contribution in [2.24, 2.45) is 5.14 Å². The van der Waals surface area contributed by atoms with Crippen molar-refractivity contribution in [1.82, 2.24) is 14.7 Å². The molecule has 0 saturated carbocycles. The standard InChI is InChI=1S/C21H21FN4O3S/c1-25(13-14-5-2-3-8-19(14)30(23,28)29)21(27)20-17-6-4-7-18(17)26(24-20)16-11-9-15(22)10-12-16/h2-3,5,8-12H,4,6-7,13H2,1H3,(H2,23,28,29). The van der Waals surface area contributed by atoms with E-state index in [0.29, 0.717) is 16.9 Å². The molecule has 0 spiro atoms. The van der Waals surface area contributed by atoms with Gasteiger partial charge in [-0.3, -0.25) is 4.79 Å². The van der Waals surface area contributed by atoms with Crippen molar-refractivity contribution in [3.8, 4) is 5.69 Å². The molecule has 1 amide bonds. The van der Waals surface area contributed by atoms with E-state index in [-0.39, 0.29) is 23.2 Å². The summed E-state index contributed by atoms with van der Waals surface area (Å²) in [6.07, 6.45) is 2.43. The van der Waals surface area contributed by atoms with Crippen molar-refractivity contribution in [3.63, 3.8) is 0 Å². The molecule has 1 heterocycles. The molecule has 0 fully saturated rings. The Labute approximate surface area is 174 Å². The number of aromatic nitrogens is 2. The number of nitrogens with zero attached hydrogens (tertiary/aromatic N) is 3. The van der Waals surface area contributed by atoms with Crippen LogP contribution in [0.3, 0.4) is 0 Å². The topological polar surface area (TPSA) is 98.3 Å². The summed E-state index contributed by atoms with van der Waals surface area (Å²) in [7, 11) is -2.31. The third-order valence-corrected chi connectivity index (χ3v) is 6.25. The fraction of sp³-hybridized carbons (Fsp3) is 0.238. The minimum Gasteiger partial charge on any atom is -0.336 e. The van der Waals surface area contributed by atoms with Crippen molar-refractivity contribution < 1.29 is 17.6 Å². The van der Waals surface area contributed by atoms with E-state index in [0.717, 1.165) is 30.5 Å². The van der Waals surface area contributed by atoms with Crippen LogP contribution in [0.5, 0.6) is 0 Å². The number of primary sulfonamides is 1. The fourth-order valence-electron chi connectivity index (χ4n) is 3.83. The van der Waals surface area contributed by atoms with Crippen LogP contribution in [0, 0.1) is 5.82 Å². The van der Waals surface area contributed by atoms with Gasteiger partial charge in [0.05, 0.1) is 10.6 Å². The zero-order valence-corrected chi connectivity index (χ0v) is 17.2. The molecule has 3 aromatic rings. The van der Waals surface area contributed by atoms with E-state index in [1.165, 1.54) is 23.1 Å². The minimum atomic E-state index is -3.90. The van der Waals surface area contributed by atoms with Gasteiger partial charge in [0.15, 0.2) is 5.69 Å². The van der Waals surface area contributed by atoms with Gasteiger partial charge in [0.1, 0.15) is 5.82 Å². The maximum atomic E-state index is 13.3. The molecule has 2 aromatic carbocycles. The largest absolute Gasteiger partial charge is 0.336 e. The lowest BCUT2D eigenvalue weighted by molar-refractivity contribution is 0.0776. The van der Waals surface area contributed by atoms with Crippen LogP contribution in [0.1, 0.15) is 33.7 Å². The number of sulfonamides is 1. The van der Waals surface area contributed by atoms with Crippen LogP contribution in [-0.4, -0.2) is 36.1 Å². The van der Waals surface area contributed by atoms with Gasteiger partial charge in [-0.2, -0.15) is 5.10 Å². The average molecular weight is 428 g/mol. The summed E-state index contributed by atoms with van der Waals surface area (Å²) >= 11 is 0. The molecular weight excluding hydrogens is 407 g/mol. The third kappa shape index (κ3) is 3.73. The first-order chi connectivity index (χ1) is 14.3. The molecular formula is C21H21FN4O3S. The molecule has 7 nitrogen and oxygen atoms in total. The third-order valence-electron chi connectivity index (χ3n) is 5.24. The van der Waals surface area contributed by atoms with Crippen molar-refractivity contribution >= 4 is 15.9 Å². The van der Waals surface area contributed by atoms with E-state index in [1.54, 1.807) is 42.1 Å². The lowest BCUT2D eigenvalue weighted by atomic mass is 10.1. The van der Waals surface area contributed by atoms with Gasteiger partial charge >= 0.3 is 0 Å². The average Bonchev–Trinajstić information content (AvgIpc) is 3.30. The quantitative estimate of drug-likeness (QED) is 0.675. The molecule has 9 heteroatoms. The van der Waals surface area contributed by atoms with Crippen LogP contribution >= 0.6 is 0 Å². The second-order valence-electron chi connectivity index (χ2n) is 7.33. The highest BCUT2D eigenvalue weighted by molar-refractivity contribution is 7.89. The highest BCUT2D eigenvalue weighted by Crippen LogP contribution is 2.29. The number of hydrogen-bond acceptors (Lipinski definition) is 4. The Hall–Kier alpha value is -3.04. The molecule has 0 saturated heterocycles. The highest BCUT2D eigenvalue weighted by Gasteiger charge is 2.29. The number of carbonyl (C=O) groups is 1. The first kappa shape index (κ1) is 20.2. The molecule has 156 valence electrons. The Morgan fingerprint density at radius 1 is 1.17 bits per heavy atom. The monoisotopic (exact) mass is 428 g/mol. The molecule has 30 heavy (non-hydrogen) atoms. The molecule has 4 rings (SSSR count).